The van der Waals surface area contributed by atoms with Crippen molar-refractivity contribution in [2.75, 3.05) is 25.0 Å². The third-order valence-corrected chi connectivity index (χ3v) is 4.22. The second-order valence-corrected chi connectivity index (χ2v) is 6.28. The number of anilines is 1. The van der Waals surface area contributed by atoms with Gasteiger partial charge in [0.15, 0.2) is 0 Å². The van der Waals surface area contributed by atoms with Crippen molar-refractivity contribution in [2.45, 2.75) is 25.9 Å². The minimum absolute atomic E-state index is 0.347. The topological polar surface area (TPSA) is 67.3 Å². The Morgan fingerprint density at radius 3 is 2.81 bits per heavy atom. The van der Waals surface area contributed by atoms with Crippen LogP contribution in [0.25, 0.3) is 6.08 Å². The summed E-state index contributed by atoms with van der Waals surface area (Å²) in [5.74, 6) is 0.254. The average molecular weight is 352 g/mol. The van der Waals surface area contributed by atoms with Crippen molar-refractivity contribution in [1.29, 1.82) is 0 Å². The zero-order valence-corrected chi connectivity index (χ0v) is 15.0. The van der Waals surface area contributed by atoms with Gasteiger partial charge in [-0.15, -0.1) is 0 Å². The number of hydrogen-bond acceptors (Lipinski definition) is 6. The van der Waals surface area contributed by atoms with E-state index >= 15 is 0 Å². The summed E-state index contributed by atoms with van der Waals surface area (Å²) in [6, 6.07) is 10.9. The molecule has 1 saturated heterocycles. The van der Waals surface area contributed by atoms with E-state index in [9.17, 15) is 4.79 Å². The van der Waals surface area contributed by atoms with Gasteiger partial charge in [-0.1, -0.05) is 30.3 Å². The van der Waals surface area contributed by atoms with Crippen molar-refractivity contribution >= 4 is 18.0 Å². The normalized spacial score (nSPS) is 17.5. The number of likely N-dealkylation sites (tertiary alicyclic amines) is 1. The molecule has 26 heavy (non-hydrogen) atoms. The lowest BCUT2D eigenvalue weighted by Crippen LogP contribution is -2.26. The average Bonchev–Trinajstić information content (AvgIpc) is 3.09. The number of esters is 1. The van der Waals surface area contributed by atoms with Crippen LogP contribution in [0.15, 0.2) is 48.8 Å². The van der Waals surface area contributed by atoms with Crippen molar-refractivity contribution in [1.82, 2.24) is 14.9 Å². The number of rotatable bonds is 7. The molecule has 0 amide bonds. The second-order valence-electron chi connectivity index (χ2n) is 6.28. The van der Waals surface area contributed by atoms with Gasteiger partial charge in [-0.05, 0) is 25.0 Å². The molecule has 6 heteroatoms. The maximum absolute atomic E-state index is 11.3. The van der Waals surface area contributed by atoms with E-state index in [1.54, 1.807) is 25.4 Å². The van der Waals surface area contributed by atoms with Crippen LogP contribution in [0.4, 0.5) is 5.95 Å². The number of hydrogen-bond donors (Lipinski definition) is 1. The van der Waals surface area contributed by atoms with Crippen LogP contribution in [0, 0.1) is 0 Å². The van der Waals surface area contributed by atoms with Crippen LogP contribution in [0.5, 0.6) is 0 Å². The molecule has 0 aliphatic carbocycles. The third kappa shape index (κ3) is 5.39. The van der Waals surface area contributed by atoms with E-state index in [0.717, 1.165) is 31.6 Å². The number of nitrogens with one attached hydrogen (secondary N) is 1. The molecule has 1 aliphatic rings. The third-order valence-electron chi connectivity index (χ3n) is 4.22. The van der Waals surface area contributed by atoms with Gasteiger partial charge < -0.3 is 10.1 Å². The minimum Gasteiger partial charge on any atom is -0.463 e. The first-order chi connectivity index (χ1) is 12.7. The fraction of sp³-hybridized carbons (Fsp3) is 0.350. The number of carbonyl (C=O) groups excluding carboxylic acids is 1. The fourth-order valence-electron chi connectivity index (χ4n) is 2.97. The Labute approximate surface area is 153 Å². The summed E-state index contributed by atoms with van der Waals surface area (Å²) in [6.07, 6.45) is 7.50. The zero-order chi connectivity index (χ0) is 18.2. The molecule has 1 aromatic carbocycles. The highest BCUT2D eigenvalue weighted by Crippen LogP contribution is 2.16. The smallest absolute Gasteiger partial charge is 0.330 e. The van der Waals surface area contributed by atoms with Crippen molar-refractivity contribution in [3.8, 4) is 0 Å². The molecule has 3 rings (SSSR count). The Hall–Kier alpha value is -2.73. The first-order valence-corrected chi connectivity index (χ1v) is 8.92. The SMILES string of the molecule is CCOC(=O)/C=C/c1cnc(N[C@@H]2CCN(Cc3ccccc3)C2)nc1. The van der Waals surface area contributed by atoms with Gasteiger partial charge in [-0.3, -0.25) is 4.90 Å². The van der Waals surface area contributed by atoms with Crippen molar-refractivity contribution in [3.05, 3.63) is 59.9 Å². The molecule has 1 atom stereocenters. The molecule has 2 heterocycles. The highest BCUT2D eigenvalue weighted by atomic mass is 16.5. The quantitative estimate of drug-likeness (QED) is 0.610. The number of benzene rings is 1. The van der Waals surface area contributed by atoms with Crippen LogP contribution in [-0.2, 0) is 16.1 Å². The summed E-state index contributed by atoms with van der Waals surface area (Å²) in [4.78, 5) is 22.4. The van der Waals surface area contributed by atoms with Gasteiger partial charge in [0.1, 0.15) is 0 Å². The molecule has 0 radical (unpaired) electrons. The van der Waals surface area contributed by atoms with Crippen molar-refractivity contribution in [2.24, 2.45) is 0 Å². The second kappa shape index (κ2) is 9.10. The fourth-order valence-corrected chi connectivity index (χ4v) is 2.97. The molecule has 0 spiro atoms. The summed E-state index contributed by atoms with van der Waals surface area (Å²) in [6.45, 7) is 5.15. The van der Waals surface area contributed by atoms with E-state index in [-0.39, 0.29) is 5.97 Å². The molecule has 1 fully saturated rings. The van der Waals surface area contributed by atoms with Gasteiger partial charge in [-0.2, -0.15) is 0 Å². The Morgan fingerprint density at radius 2 is 2.08 bits per heavy atom. The summed E-state index contributed by atoms with van der Waals surface area (Å²) < 4.78 is 4.85. The van der Waals surface area contributed by atoms with Crippen LogP contribution >= 0.6 is 0 Å². The molecule has 1 N–H and O–H groups in total. The van der Waals surface area contributed by atoms with E-state index < -0.39 is 0 Å². The van der Waals surface area contributed by atoms with Crippen LogP contribution in [0.2, 0.25) is 0 Å². The molecule has 6 nitrogen and oxygen atoms in total. The Bertz CT molecular complexity index is 731. The molecule has 0 saturated carbocycles. The lowest BCUT2D eigenvalue weighted by atomic mass is 10.2. The summed E-state index contributed by atoms with van der Waals surface area (Å²) >= 11 is 0. The summed E-state index contributed by atoms with van der Waals surface area (Å²) in [7, 11) is 0. The van der Waals surface area contributed by atoms with Crippen LogP contribution in [-0.4, -0.2) is 46.6 Å². The standard InChI is InChI=1S/C20H24N4O2/c1-2-26-19(25)9-8-17-12-21-20(22-13-17)23-18-10-11-24(15-18)14-16-6-4-3-5-7-16/h3-9,12-13,18H,2,10-11,14-15H2,1H3,(H,21,22,23)/b9-8+/t18-/m1/s1. The lowest BCUT2D eigenvalue weighted by Gasteiger charge is -2.16. The number of aromatic nitrogens is 2. The molecule has 136 valence electrons. The van der Waals surface area contributed by atoms with Gasteiger partial charge in [-0.25, -0.2) is 14.8 Å². The Balaban J connectivity index is 1.48. The number of nitrogens with zero attached hydrogens (tertiary/aromatic N) is 3. The maximum atomic E-state index is 11.3. The van der Waals surface area contributed by atoms with E-state index in [1.165, 1.54) is 11.6 Å². The Kier molecular flexibility index (Phi) is 6.33. The maximum Gasteiger partial charge on any atom is 0.330 e. The van der Waals surface area contributed by atoms with Gasteiger partial charge >= 0.3 is 5.97 Å². The predicted octanol–water partition coefficient (Wildman–Crippen LogP) is 2.74. The van der Waals surface area contributed by atoms with Crippen LogP contribution < -0.4 is 5.32 Å². The highest BCUT2D eigenvalue weighted by Gasteiger charge is 2.22. The molecule has 0 bridgehead atoms. The highest BCUT2D eigenvalue weighted by molar-refractivity contribution is 5.86. The number of carbonyl (C=O) groups is 1. The van der Waals surface area contributed by atoms with E-state index in [2.05, 4.69) is 44.5 Å². The first kappa shape index (κ1) is 18.1. The van der Waals surface area contributed by atoms with Gasteiger partial charge in [0.05, 0.1) is 6.61 Å². The molecule has 2 aromatic rings. The summed E-state index contributed by atoms with van der Waals surface area (Å²) in [5, 5.41) is 3.39. The lowest BCUT2D eigenvalue weighted by molar-refractivity contribution is -0.137. The zero-order valence-electron chi connectivity index (χ0n) is 15.0. The van der Waals surface area contributed by atoms with Crippen molar-refractivity contribution in [3.63, 3.8) is 0 Å². The van der Waals surface area contributed by atoms with Gasteiger partial charge in [0.2, 0.25) is 5.95 Å². The van der Waals surface area contributed by atoms with Gasteiger partial charge in [0, 0.05) is 49.7 Å². The van der Waals surface area contributed by atoms with Gasteiger partial charge in [0.25, 0.3) is 0 Å². The van der Waals surface area contributed by atoms with Crippen LogP contribution in [0.3, 0.4) is 0 Å². The molecular formula is C20H24N4O2. The Morgan fingerprint density at radius 1 is 1.31 bits per heavy atom. The van der Waals surface area contributed by atoms with Crippen LogP contribution in [0.1, 0.15) is 24.5 Å². The molecular weight excluding hydrogens is 328 g/mol. The summed E-state index contributed by atoms with van der Waals surface area (Å²) in [5.41, 5.74) is 2.10. The molecule has 1 aliphatic heterocycles. The minimum atomic E-state index is -0.362. The molecule has 0 unspecified atom stereocenters. The predicted molar refractivity (Wildman–Crippen MR) is 101 cm³/mol. The molecule has 1 aromatic heterocycles. The largest absolute Gasteiger partial charge is 0.463 e. The van der Waals surface area contributed by atoms with E-state index in [1.807, 2.05) is 6.07 Å². The monoisotopic (exact) mass is 352 g/mol. The van der Waals surface area contributed by atoms with E-state index in [0.29, 0.717) is 18.6 Å². The first-order valence-electron chi connectivity index (χ1n) is 8.92. The number of ether oxygens (including phenoxy) is 1. The van der Waals surface area contributed by atoms with Crippen molar-refractivity contribution < 1.29 is 9.53 Å². The van der Waals surface area contributed by atoms with E-state index in [4.69, 9.17) is 4.74 Å².